The van der Waals surface area contributed by atoms with E-state index in [2.05, 4.69) is 43.8 Å². The second-order valence-corrected chi connectivity index (χ2v) is 10.7. The number of rotatable bonds is 3. The second kappa shape index (κ2) is 6.65. The monoisotopic (exact) mass is 441 g/mol. The summed E-state index contributed by atoms with van der Waals surface area (Å²) in [6, 6.07) is 4.47. The van der Waals surface area contributed by atoms with Gasteiger partial charge in [-0.05, 0) is 0 Å². The maximum Gasteiger partial charge on any atom is -1.00 e. The predicted octanol–water partition coefficient (Wildman–Crippen LogP) is -2.72. The Labute approximate surface area is 165 Å². The van der Waals surface area contributed by atoms with Crippen molar-refractivity contribution in [3.63, 3.8) is 0 Å². The van der Waals surface area contributed by atoms with Crippen LogP contribution >= 0.6 is 0 Å². The molecule has 2 nitrogen and oxygen atoms in total. The van der Waals surface area contributed by atoms with Gasteiger partial charge in [-0.3, -0.25) is 0 Å². The standard InChI is InChI=1S/C17H17O2Si.2ClH.Zr/c1-3-19-20(2)16-13(11-6-4-5-7-11)9-8-12-10-14(18)17(20)15(12)16;;;/h4-6,8-10,18H,3,7H2,1-2H3;2*1H;/q;;;+2/p-2. The van der Waals surface area contributed by atoms with E-state index in [1.54, 1.807) is 0 Å². The SMILES string of the molecule is CCO[Si]1(C)C2=C(O)[CH]([Zr+2])c3ccc(C4=CC=CC4)c1c32.[Cl-].[Cl-]. The van der Waals surface area contributed by atoms with Crippen molar-refractivity contribution in [2.45, 2.75) is 23.5 Å². The molecule has 0 spiro atoms. The normalized spacial score (nSPS) is 26.3. The van der Waals surface area contributed by atoms with E-state index >= 15 is 0 Å². The minimum Gasteiger partial charge on any atom is -1.00 e. The van der Waals surface area contributed by atoms with Crippen molar-refractivity contribution >= 4 is 24.3 Å². The molecule has 1 aromatic rings. The summed E-state index contributed by atoms with van der Waals surface area (Å²) in [6.45, 7) is 5.01. The van der Waals surface area contributed by atoms with Crippen molar-refractivity contribution in [1.82, 2.24) is 0 Å². The Morgan fingerprint density at radius 3 is 2.70 bits per heavy atom. The van der Waals surface area contributed by atoms with Crippen LogP contribution in [-0.4, -0.2) is 20.0 Å². The molecular formula is C17H17Cl2O2SiZr. The molecule has 3 aliphatic rings. The summed E-state index contributed by atoms with van der Waals surface area (Å²) in [6.07, 6.45) is 7.56. The molecule has 0 aromatic heterocycles. The number of allylic oxidation sites excluding steroid dienone is 5. The van der Waals surface area contributed by atoms with E-state index in [-0.39, 0.29) is 28.4 Å². The number of benzene rings is 1. The van der Waals surface area contributed by atoms with Gasteiger partial charge in [0, 0.05) is 0 Å². The Morgan fingerprint density at radius 2 is 2.09 bits per heavy atom. The van der Waals surface area contributed by atoms with E-state index in [9.17, 15) is 5.11 Å². The number of halogens is 2. The first kappa shape index (κ1) is 19.2. The molecule has 2 atom stereocenters. The van der Waals surface area contributed by atoms with Crippen molar-refractivity contribution < 1.29 is 59.1 Å². The number of aliphatic hydroxyl groups excluding tert-OH is 1. The van der Waals surface area contributed by atoms with Crippen LogP contribution in [0, 0.1) is 0 Å². The zero-order valence-corrected chi connectivity index (χ0v) is 18.0. The van der Waals surface area contributed by atoms with E-state index < -0.39 is 8.32 Å². The minimum atomic E-state index is -2.14. The molecular weight excluding hydrogens is 426 g/mol. The van der Waals surface area contributed by atoms with Crippen molar-refractivity contribution in [1.29, 1.82) is 0 Å². The first-order valence-corrected chi connectivity index (χ1v) is 11.2. The van der Waals surface area contributed by atoms with Gasteiger partial charge in [0.1, 0.15) is 0 Å². The summed E-state index contributed by atoms with van der Waals surface area (Å²) in [5, 5.41) is 13.2. The van der Waals surface area contributed by atoms with Gasteiger partial charge < -0.3 is 24.8 Å². The second-order valence-electron chi connectivity index (χ2n) is 5.94. The van der Waals surface area contributed by atoms with Crippen molar-refractivity contribution in [3.05, 3.63) is 52.8 Å². The zero-order chi connectivity index (χ0) is 14.8. The molecule has 119 valence electrons. The van der Waals surface area contributed by atoms with Gasteiger partial charge in [0.05, 0.1) is 0 Å². The molecule has 0 fully saturated rings. The first-order chi connectivity index (χ1) is 10.1. The number of hydrogen-bond acceptors (Lipinski definition) is 2. The molecule has 1 aromatic carbocycles. The van der Waals surface area contributed by atoms with Gasteiger partial charge in [0.15, 0.2) is 0 Å². The molecule has 0 amide bonds. The Bertz CT molecular complexity index is 757. The van der Waals surface area contributed by atoms with Gasteiger partial charge in [-0.15, -0.1) is 0 Å². The fraction of sp³-hybridized carbons (Fsp3) is 0.294. The molecule has 2 unspecified atom stereocenters. The third-order valence-corrected chi connectivity index (χ3v) is 10.1. The van der Waals surface area contributed by atoms with Crippen LogP contribution in [0.25, 0.3) is 10.8 Å². The van der Waals surface area contributed by atoms with Gasteiger partial charge in [-0.2, -0.15) is 0 Å². The molecule has 2 aliphatic carbocycles. The van der Waals surface area contributed by atoms with Crippen LogP contribution in [0.3, 0.4) is 0 Å². The summed E-state index contributed by atoms with van der Waals surface area (Å²) in [7, 11) is -2.14. The number of aliphatic hydroxyl groups is 1. The molecule has 6 heteroatoms. The quantitative estimate of drug-likeness (QED) is 0.515. The van der Waals surface area contributed by atoms with Crippen LogP contribution in [0.5, 0.6) is 0 Å². The minimum absolute atomic E-state index is 0. The molecule has 1 N–H and O–H groups in total. The first-order valence-electron chi connectivity index (χ1n) is 7.42. The molecule has 23 heavy (non-hydrogen) atoms. The molecule has 0 saturated carbocycles. The van der Waals surface area contributed by atoms with Crippen LogP contribution in [0.4, 0.5) is 0 Å². The van der Waals surface area contributed by atoms with E-state index in [1.165, 1.54) is 57.4 Å². The summed E-state index contributed by atoms with van der Waals surface area (Å²) >= 11 is 1.36. The van der Waals surface area contributed by atoms with Gasteiger partial charge in [-0.1, -0.05) is 0 Å². The topological polar surface area (TPSA) is 29.5 Å². The third-order valence-electron chi connectivity index (χ3n) is 4.83. The van der Waals surface area contributed by atoms with Crippen LogP contribution < -0.4 is 30.0 Å². The molecule has 1 aliphatic heterocycles. The van der Waals surface area contributed by atoms with Crippen LogP contribution in [0.1, 0.15) is 33.7 Å². The van der Waals surface area contributed by atoms with Crippen LogP contribution in [0.15, 0.2) is 36.1 Å². The molecule has 1 heterocycles. The van der Waals surface area contributed by atoms with Gasteiger partial charge in [0.2, 0.25) is 0 Å². The van der Waals surface area contributed by atoms with E-state index in [4.69, 9.17) is 4.43 Å². The van der Waals surface area contributed by atoms with Gasteiger partial charge >= 0.3 is 141 Å². The fourth-order valence-corrected chi connectivity index (χ4v) is 9.05. The summed E-state index contributed by atoms with van der Waals surface area (Å²) < 4.78 is 6.44. The average molecular weight is 444 g/mol. The third kappa shape index (κ3) is 2.41. The van der Waals surface area contributed by atoms with Crippen molar-refractivity contribution in [2.75, 3.05) is 6.61 Å². The predicted molar refractivity (Wildman–Crippen MR) is 83.3 cm³/mol. The van der Waals surface area contributed by atoms with Crippen LogP contribution in [0.2, 0.25) is 6.55 Å². The molecule has 0 bridgehead atoms. The molecule has 0 radical (unpaired) electrons. The van der Waals surface area contributed by atoms with Gasteiger partial charge in [0.25, 0.3) is 0 Å². The van der Waals surface area contributed by atoms with Crippen molar-refractivity contribution in [3.8, 4) is 0 Å². The Hall–Kier alpha value is -0.120. The van der Waals surface area contributed by atoms with Gasteiger partial charge in [-0.25, -0.2) is 0 Å². The Balaban J connectivity index is 0.000000960. The Morgan fingerprint density at radius 1 is 1.35 bits per heavy atom. The van der Waals surface area contributed by atoms with Crippen LogP contribution in [-0.2, 0) is 29.1 Å². The molecule has 4 rings (SSSR count). The largest absolute Gasteiger partial charge is 1.00 e. The maximum absolute atomic E-state index is 10.6. The summed E-state index contributed by atoms with van der Waals surface area (Å²) in [5.41, 5.74) is 5.37. The summed E-state index contributed by atoms with van der Waals surface area (Å²) in [4.78, 5) is 0. The fourth-order valence-electron chi connectivity index (χ4n) is 3.94. The van der Waals surface area contributed by atoms with Crippen molar-refractivity contribution in [2.24, 2.45) is 0 Å². The maximum atomic E-state index is 10.6. The molecule has 0 saturated heterocycles. The van der Waals surface area contributed by atoms with E-state index in [0.717, 1.165) is 6.42 Å². The number of hydrogen-bond donors (Lipinski definition) is 1. The zero-order valence-electron chi connectivity index (χ0n) is 13.0. The summed E-state index contributed by atoms with van der Waals surface area (Å²) in [5.74, 6) is 0.592. The van der Waals surface area contributed by atoms with E-state index in [1.807, 2.05) is 0 Å². The average Bonchev–Trinajstić information content (AvgIpc) is 3.06. The Kier molecular flexibility index (Phi) is 5.55. The smallest absolute Gasteiger partial charge is 1.00 e. The van der Waals surface area contributed by atoms with E-state index in [0.29, 0.717) is 12.4 Å².